The lowest BCUT2D eigenvalue weighted by Gasteiger charge is -2.34. The molecule has 92 valence electrons. The average Bonchev–Trinajstić information content (AvgIpc) is 2.39. The van der Waals surface area contributed by atoms with Crippen LogP contribution in [0.2, 0.25) is 0 Å². The third-order valence-corrected chi connectivity index (χ3v) is 5.40. The smallest absolute Gasteiger partial charge is 0.235 e. The topological polar surface area (TPSA) is 20.3 Å². The molecule has 0 radical (unpaired) electrons. The van der Waals surface area contributed by atoms with Crippen molar-refractivity contribution in [3.8, 4) is 0 Å². The number of likely N-dealkylation sites (tertiary alicyclic amines) is 1. The maximum atomic E-state index is 12.2. The molecule has 2 fully saturated rings. The van der Waals surface area contributed by atoms with E-state index in [4.69, 9.17) is 11.6 Å². The van der Waals surface area contributed by atoms with Crippen LogP contribution in [-0.2, 0) is 4.79 Å². The Morgan fingerprint density at radius 2 is 2.00 bits per heavy atom. The lowest BCUT2D eigenvalue weighted by atomic mass is 9.98. The molecule has 1 amide bonds. The normalized spacial score (nSPS) is 28.1. The van der Waals surface area contributed by atoms with Crippen molar-refractivity contribution >= 4 is 29.3 Å². The Labute approximate surface area is 107 Å². The Morgan fingerprint density at radius 1 is 1.25 bits per heavy atom. The Hall–Kier alpha value is 0.110. The van der Waals surface area contributed by atoms with E-state index >= 15 is 0 Å². The van der Waals surface area contributed by atoms with Crippen LogP contribution in [-0.4, -0.2) is 40.8 Å². The van der Waals surface area contributed by atoms with Crippen molar-refractivity contribution in [1.82, 2.24) is 4.90 Å². The molecule has 1 unspecified atom stereocenters. The molecular formula is C12H20ClNOS. The third-order valence-electron chi connectivity index (χ3n) is 3.60. The molecule has 2 aliphatic heterocycles. The number of carbonyl (C=O) groups is 1. The molecule has 4 heteroatoms. The highest BCUT2D eigenvalue weighted by molar-refractivity contribution is 8.00. The fraction of sp³-hybridized carbons (Fsp3) is 0.917. The zero-order valence-corrected chi connectivity index (χ0v) is 11.2. The summed E-state index contributed by atoms with van der Waals surface area (Å²) < 4.78 is 0. The first-order valence-corrected chi connectivity index (χ1v) is 7.86. The van der Waals surface area contributed by atoms with Gasteiger partial charge in [-0.3, -0.25) is 4.79 Å². The number of nitrogens with zero attached hydrogens (tertiary/aromatic N) is 1. The largest absolute Gasteiger partial charge is 0.342 e. The standard InChI is InChI=1S/C12H20ClNOS/c13-9-10-4-6-14(7-5-10)12(15)11-3-1-2-8-16-11/h10-11H,1-9H2. The Morgan fingerprint density at radius 3 is 2.56 bits per heavy atom. The first-order chi connectivity index (χ1) is 7.81. The van der Waals surface area contributed by atoms with Crippen molar-refractivity contribution in [1.29, 1.82) is 0 Å². The Balaban J connectivity index is 1.81. The Bertz CT molecular complexity index is 235. The first-order valence-electron chi connectivity index (χ1n) is 6.27. The van der Waals surface area contributed by atoms with E-state index in [0.29, 0.717) is 11.8 Å². The molecule has 2 heterocycles. The van der Waals surface area contributed by atoms with Gasteiger partial charge in [-0.05, 0) is 37.4 Å². The van der Waals surface area contributed by atoms with Gasteiger partial charge in [0.1, 0.15) is 0 Å². The molecule has 2 saturated heterocycles. The van der Waals surface area contributed by atoms with Gasteiger partial charge in [-0.15, -0.1) is 23.4 Å². The number of carbonyl (C=O) groups excluding carboxylic acids is 1. The van der Waals surface area contributed by atoms with Crippen LogP contribution < -0.4 is 0 Å². The van der Waals surface area contributed by atoms with E-state index in [9.17, 15) is 4.79 Å². The summed E-state index contributed by atoms with van der Waals surface area (Å²) in [7, 11) is 0. The zero-order chi connectivity index (χ0) is 11.4. The summed E-state index contributed by atoms with van der Waals surface area (Å²) in [4.78, 5) is 14.3. The molecule has 0 spiro atoms. The minimum absolute atomic E-state index is 0.251. The molecule has 0 bridgehead atoms. The van der Waals surface area contributed by atoms with Crippen molar-refractivity contribution in [3.63, 3.8) is 0 Å². The van der Waals surface area contributed by atoms with Crippen molar-refractivity contribution in [2.45, 2.75) is 37.4 Å². The number of amides is 1. The number of alkyl halides is 1. The van der Waals surface area contributed by atoms with Crippen molar-refractivity contribution < 1.29 is 4.79 Å². The number of piperidine rings is 1. The van der Waals surface area contributed by atoms with E-state index in [1.807, 2.05) is 11.8 Å². The lowest BCUT2D eigenvalue weighted by Crippen LogP contribution is -2.43. The molecule has 16 heavy (non-hydrogen) atoms. The number of hydrogen-bond acceptors (Lipinski definition) is 2. The molecule has 0 aromatic rings. The van der Waals surface area contributed by atoms with Crippen LogP contribution in [0.25, 0.3) is 0 Å². The predicted octanol–water partition coefficient (Wildman–Crippen LogP) is 2.75. The maximum absolute atomic E-state index is 12.2. The molecule has 0 aromatic heterocycles. The van der Waals surface area contributed by atoms with Crippen LogP contribution >= 0.6 is 23.4 Å². The van der Waals surface area contributed by atoms with Crippen LogP contribution in [0.15, 0.2) is 0 Å². The van der Waals surface area contributed by atoms with Crippen LogP contribution in [0.3, 0.4) is 0 Å². The fourth-order valence-corrected chi connectivity index (χ4v) is 4.04. The second-order valence-electron chi connectivity index (χ2n) is 4.78. The van der Waals surface area contributed by atoms with Crippen molar-refractivity contribution in [3.05, 3.63) is 0 Å². The average molecular weight is 262 g/mol. The Kier molecular flexibility index (Phi) is 4.83. The molecular weight excluding hydrogens is 242 g/mol. The van der Waals surface area contributed by atoms with Gasteiger partial charge in [0.15, 0.2) is 0 Å². The predicted molar refractivity (Wildman–Crippen MR) is 70.1 cm³/mol. The van der Waals surface area contributed by atoms with E-state index in [-0.39, 0.29) is 5.25 Å². The van der Waals surface area contributed by atoms with Gasteiger partial charge in [0.2, 0.25) is 5.91 Å². The van der Waals surface area contributed by atoms with E-state index in [1.54, 1.807) is 0 Å². The van der Waals surface area contributed by atoms with E-state index < -0.39 is 0 Å². The molecule has 0 aliphatic carbocycles. The first kappa shape index (κ1) is 12.6. The highest BCUT2D eigenvalue weighted by atomic mass is 35.5. The quantitative estimate of drug-likeness (QED) is 0.713. The van der Waals surface area contributed by atoms with E-state index in [1.165, 1.54) is 12.8 Å². The minimum atomic E-state index is 0.251. The minimum Gasteiger partial charge on any atom is -0.342 e. The van der Waals surface area contributed by atoms with Gasteiger partial charge in [-0.1, -0.05) is 6.42 Å². The summed E-state index contributed by atoms with van der Waals surface area (Å²) in [5.41, 5.74) is 0. The molecule has 0 N–H and O–H groups in total. The fourth-order valence-electron chi connectivity index (χ4n) is 2.45. The maximum Gasteiger partial charge on any atom is 0.235 e. The monoisotopic (exact) mass is 261 g/mol. The summed E-state index contributed by atoms with van der Waals surface area (Å²) >= 11 is 7.70. The number of rotatable bonds is 2. The van der Waals surface area contributed by atoms with Gasteiger partial charge >= 0.3 is 0 Å². The van der Waals surface area contributed by atoms with Gasteiger partial charge in [-0.25, -0.2) is 0 Å². The van der Waals surface area contributed by atoms with Gasteiger partial charge in [0.25, 0.3) is 0 Å². The number of halogens is 1. The number of thioether (sulfide) groups is 1. The van der Waals surface area contributed by atoms with Crippen molar-refractivity contribution in [2.75, 3.05) is 24.7 Å². The third kappa shape index (κ3) is 3.07. The van der Waals surface area contributed by atoms with Gasteiger partial charge in [0.05, 0.1) is 5.25 Å². The second kappa shape index (κ2) is 6.15. The molecule has 2 rings (SSSR count). The summed E-state index contributed by atoms with van der Waals surface area (Å²) in [6, 6.07) is 0. The van der Waals surface area contributed by atoms with Gasteiger partial charge in [-0.2, -0.15) is 0 Å². The lowest BCUT2D eigenvalue weighted by molar-refractivity contribution is -0.132. The molecule has 1 atom stereocenters. The molecule has 2 aliphatic rings. The highest BCUT2D eigenvalue weighted by Crippen LogP contribution is 2.28. The van der Waals surface area contributed by atoms with Crippen LogP contribution in [0.1, 0.15) is 32.1 Å². The van der Waals surface area contributed by atoms with Gasteiger partial charge < -0.3 is 4.90 Å². The molecule has 0 saturated carbocycles. The van der Waals surface area contributed by atoms with Crippen molar-refractivity contribution in [2.24, 2.45) is 5.92 Å². The molecule has 2 nitrogen and oxygen atoms in total. The van der Waals surface area contributed by atoms with E-state index in [0.717, 1.165) is 44.0 Å². The zero-order valence-electron chi connectivity index (χ0n) is 9.66. The summed E-state index contributed by atoms with van der Waals surface area (Å²) in [6.45, 7) is 1.85. The number of hydrogen-bond donors (Lipinski definition) is 0. The van der Waals surface area contributed by atoms with Crippen LogP contribution in [0.5, 0.6) is 0 Å². The van der Waals surface area contributed by atoms with Gasteiger partial charge in [0, 0.05) is 19.0 Å². The summed E-state index contributed by atoms with van der Waals surface area (Å²) in [5, 5.41) is 0.251. The van der Waals surface area contributed by atoms with Crippen LogP contribution in [0, 0.1) is 5.92 Å². The molecule has 0 aromatic carbocycles. The highest BCUT2D eigenvalue weighted by Gasteiger charge is 2.29. The second-order valence-corrected chi connectivity index (χ2v) is 6.40. The summed E-state index contributed by atoms with van der Waals surface area (Å²) in [5.74, 6) is 2.93. The SMILES string of the molecule is O=C(C1CCCCS1)N1CCC(CCl)CC1. The van der Waals surface area contributed by atoms with E-state index in [2.05, 4.69) is 4.90 Å². The summed E-state index contributed by atoms with van der Waals surface area (Å²) in [6.07, 6.45) is 5.77. The van der Waals surface area contributed by atoms with Crippen LogP contribution in [0.4, 0.5) is 0 Å².